The quantitative estimate of drug-likeness (QED) is 0.515. The highest BCUT2D eigenvalue weighted by molar-refractivity contribution is 7.89. The summed E-state index contributed by atoms with van der Waals surface area (Å²) in [5, 5.41) is 4.70. The van der Waals surface area contributed by atoms with Crippen molar-refractivity contribution in [2.45, 2.75) is 77.8 Å². The molecule has 0 aromatic heterocycles. The second-order valence-electron chi connectivity index (χ2n) is 7.97. The zero-order chi connectivity index (χ0) is 23.5. The number of nitrogens with one attached hydrogen (secondary N) is 3. The smallest absolute Gasteiger partial charge is 0.321 e. The molecule has 3 amide bonds. The molecule has 10 heteroatoms. The SMILES string of the molecule is Cc1c(C)c(C)c(S(=O)(=O)NCCC(=O)OC(C)C(=O)NC(=O)NC2CC2)c(C)c1C. The maximum atomic E-state index is 12.8. The number of amides is 3. The predicted molar refractivity (Wildman–Crippen MR) is 115 cm³/mol. The minimum atomic E-state index is -3.84. The van der Waals surface area contributed by atoms with Gasteiger partial charge in [-0.3, -0.25) is 14.9 Å². The van der Waals surface area contributed by atoms with Crippen LogP contribution in [0.2, 0.25) is 0 Å². The number of rotatable bonds is 8. The average Bonchev–Trinajstić information content (AvgIpc) is 3.48. The summed E-state index contributed by atoms with van der Waals surface area (Å²) in [7, 11) is -3.84. The van der Waals surface area contributed by atoms with Crippen molar-refractivity contribution >= 4 is 27.9 Å². The molecule has 0 spiro atoms. The molecule has 1 fully saturated rings. The molecule has 1 aromatic carbocycles. The molecule has 1 aliphatic rings. The van der Waals surface area contributed by atoms with Gasteiger partial charge in [-0.15, -0.1) is 0 Å². The van der Waals surface area contributed by atoms with Crippen LogP contribution in [0.1, 0.15) is 54.0 Å². The number of carbonyl (C=O) groups is 3. The Labute approximate surface area is 183 Å². The zero-order valence-corrected chi connectivity index (χ0v) is 19.7. The lowest BCUT2D eigenvalue weighted by molar-refractivity contribution is -0.154. The first-order valence-corrected chi connectivity index (χ1v) is 11.7. The van der Waals surface area contributed by atoms with E-state index in [0.717, 1.165) is 29.5 Å². The van der Waals surface area contributed by atoms with Crippen molar-refractivity contribution in [3.8, 4) is 0 Å². The third-order valence-corrected chi connectivity index (χ3v) is 7.38. The van der Waals surface area contributed by atoms with Gasteiger partial charge < -0.3 is 10.1 Å². The predicted octanol–water partition coefficient (Wildman–Crippen LogP) is 1.82. The summed E-state index contributed by atoms with van der Waals surface area (Å²) >= 11 is 0. The molecule has 172 valence electrons. The van der Waals surface area contributed by atoms with Gasteiger partial charge in [0, 0.05) is 12.6 Å². The number of ether oxygens (including phenoxy) is 1. The van der Waals surface area contributed by atoms with E-state index < -0.39 is 34.0 Å². The van der Waals surface area contributed by atoms with Crippen LogP contribution in [0.15, 0.2) is 4.90 Å². The Morgan fingerprint density at radius 1 is 0.968 bits per heavy atom. The third kappa shape index (κ3) is 6.27. The lowest BCUT2D eigenvalue weighted by Gasteiger charge is -2.19. The van der Waals surface area contributed by atoms with Crippen molar-refractivity contribution < 1.29 is 27.5 Å². The van der Waals surface area contributed by atoms with E-state index in [9.17, 15) is 22.8 Å². The maximum Gasteiger partial charge on any atom is 0.321 e. The first-order valence-electron chi connectivity index (χ1n) is 10.2. The van der Waals surface area contributed by atoms with E-state index in [2.05, 4.69) is 15.4 Å². The van der Waals surface area contributed by atoms with E-state index in [0.29, 0.717) is 11.1 Å². The van der Waals surface area contributed by atoms with Gasteiger partial charge in [-0.1, -0.05) is 0 Å². The summed E-state index contributed by atoms with van der Waals surface area (Å²) in [4.78, 5) is 35.7. The molecular formula is C21H31N3O6S. The van der Waals surface area contributed by atoms with Crippen LogP contribution in [0.4, 0.5) is 4.79 Å². The van der Waals surface area contributed by atoms with Crippen molar-refractivity contribution in [3.05, 3.63) is 27.8 Å². The molecule has 1 saturated carbocycles. The van der Waals surface area contributed by atoms with E-state index in [-0.39, 0.29) is 23.9 Å². The first kappa shape index (κ1) is 24.8. The van der Waals surface area contributed by atoms with Gasteiger partial charge in [-0.05, 0) is 82.2 Å². The van der Waals surface area contributed by atoms with Crippen molar-refractivity contribution in [1.29, 1.82) is 0 Å². The third-order valence-electron chi connectivity index (χ3n) is 5.65. The molecule has 1 atom stereocenters. The number of urea groups is 1. The molecule has 1 unspecified atom stereocenters. The lowest BCUT2D eigenvalue weighted by Crippen LogP contribution is -2.45. The fourth-order valence-electron chi connectivity index (χ4n) is 3.20. The van der Waals surface area contributed by atoms with Gasteiger partial charge in [0.15, 0.2) is 6.10 Å². The van der Waals surface area contributed by atoms with Gasteiger partial charge in [-0.25, -0.2) is 17.9 Å². The van der Waals surface area contributed by atoms with Gasteiger partial charge in [0.05, 0.1) is 11.3 Å². The Morgan fingerprint density at radius 3 is 2.00 bits per heavy atom. The molecule has 0 radical (unpaired) electrons. The highest BCUT2D eigenvalue weighted by Gasteiger charge is 2.27. The van der Waals surface area contributed by atoms with Crippen LogP contribution in [0.25, 0.3) is 0 Å². The second kappa shape index (κ2) is 9.78. The monoisotopic (exact) mass is 453 g/mol. The topological polar surface area (TPSA) is 131 Å². The van der Waals surface area contributed by atoms with Crippen LogP contribution >= 0.6 is 0 Å². The van der Waals surface area contributed by atoms with E-state index >= 15 is 0 Å². The molecule has 9 nitrogen and oxygen atoms in total. The number of hydrogen-bond donors (Lipinski definition) is 3. The molecular weight excluding hydrogens is 422 g/mol. The minimum absolute atomic E-state index is 0.0899. The first-order chi connectivity index (χ1) is 14.3. The minimum Gasteiger partial charge on any atom is -0.452 e. The average molecular weight is 454 g/mol. The van der Waals surface area contributed by atoms with Gasteiger partial charge >= 0.3 is 12.0 Å². The van der Waals surface area contributed by atoms with Crippen molar-refractivity contribution in [2.75, 3.05) is 6.54 Å². The Morgan fingerprint density at radius 2 is 1.48 bits per heavy atom. The summed E-state index contributed by atoms with van der Waals surface area (Å²) in [6.07, 6.45) is 0.319. The normalized spacial score (nSPS) is 14.6. The van der Waals surface area contributed by atoms with E-state index in [1.807, 2.05) is 20.8 Å². The summed E-state index contributed by atoms with van der Waals surface area (Å²) in [6.45, 7) is 10.4. The van der Waals surface area contributed by atoms with Crippen LogP contribution in [0, 0.1) is 34.6 Å². The number of carbonyl (C=O) groups excluding carboxylic acids is 3. The highest BCUT2D eigenvalue weighted by atomic mass is 32.2. The summed E-state index contributed by atoms with van der Waals surface area (Å²) in [6, 6.07) is -0.537. The number of hydrogen-bond acceptors (Lipinski definition) is 6. The molecule has 1 aliphatic carbocycles. The van der Waals surface area contributed by atoms with E-state index in [1.165, 1.54) is 6.92 Å². The highest BCUT2D eigenvalue weighted by Crippen LogP contribution is 2.29. The van der Waals surface area contributed by atoms with E-state index in [4.69, 9.17) is 4.74 Å². The lowest BCUT2D eigenvalue weighted by atomic mass is 9.95. The Hall–Kier alpha value is -2.46. The van der Waals surface area contributed by atoms with Gasteiger partial charge in [-0.2, -0.15) is 0 Å². The van der Waals surface area contributed by atoms with Gasteiger partial charge in [0.2, 0.25) is 10.0 Å². The van der Waals surface area contributed by atoms with Crippen molar-refractivity contribution in [1.82, 2.24) is 15.4 Å². The van der Waals surface area contributed by atoms with Crippen LogP contribution in [0.3, 0.4) is 0 Å². The molecule has 31 heavy (non-hydrogen) atoms. The van der Waals surface area contributed by atoms with Crippen LogP contribution in [-0.2, 0) is 24.3 Å². The molecule has 2 rings (SSSR count). The van der Waals surface area contributed by atoms with Crippen molar-refractivity contribution in [2.24, 2.45) is 0 Å². The Kier molecular flexibility index (Phi) is 7.82. The maximum absolute atomic E-state index is 12.8. The molecule has 3 N–H and O–H groups in total. The number of esters is 1. The van der Waals surface area contributed by atoms with Crippen LogP contribution < -0.4 is 15.4 Å². The fourth-order valence-corrected chi connectivity index (χ4v) is 4.83. The molecule has 0 aliphatic heterocycles. The zero-order valence-electron chi connectivity index (χ0n) is 18.8. The second-order valence-corrected chi connectivity index (χ2v) is 9.67. The summed E-state index contributed by atoms with van der Waals surface area (Å²) < 4.78 is 33.1. The van der Waals surface area contributed by atoms with Crippen molar-refractivity contribution in [3.63, 3.8) is 0 Å². The molecule has 0 bridgehead atoms. The summed E-state index contributed by atoms with van der Waals surface area (Å²) in [5.41, 5.74) is 4.22. The van der Waals surface area contributed by atoms with Gasteiger partial charge in [0.1, 0.15) is 0 Å². The molecule has 1 aromatic rings. The number of sulfonamides is 1. The molecule has 0 heterocycles. The number of benzene rings is 1. The van der Waals surface area contributed by atoms with Gasteiger partial charge in [0.25, 0.3) is 5.91 Å². The standard InChI is InChI=1S/C21H31N3O6S/c1-11-12(2)14(4)19(15(5)13(11)3)31(28,29)22-10-9-18(25)30-16(6)20(26)24-21(27)23-17-7-8-17/h16-17,22H,7-10H2,1-6H3,(H2,23,24,26,27). The van der Waals surface area contributed by atoms with E-state index in [1.54, 1.807) is 13.8 Å². The Balaban J connectivity index is 1.90. The van der Waals surface area contributed by atoms with Crippen LogP contribution in [-0.4, -0.2) is 45.0 Å². The molecule has 0 saturated heterocycles. The largest absolute Gasteiger partial charge is 0.452 e. The number of imide groups is 1. The fraction of sp³-hybridized carbons (Fsp3) is 0.571. The van der Waals surface area contributed by atoms with Crippen LogP contribution in [0.5, 0.6) is 0 Å². The Bertz CT molecular complexity index is 970. The summed E-state index contributed by atoms with van der Waals surface area (Å²) in [5.74, 6) is -1.50.